The zero-order chi connectivity index (χ0) is 15.4. The van der Waals surface area contributed by atoms with Crippen LogP contribution in [0.4, 0.5) is 0 Å². The molecular weight excluding hydrogens is 268 g/mol. The molecule has 0 heterocycles. The van der Waals surface area contributed by atoms with Gasteiger partial charge in [-0.05, 0) is 11.5 Å². The fourth-order valence-corrected chi connectivity index (χ4v) is 2.31. The summed E-state index contributed by atoms with van der Waals surface area (Å²) < 4.78 is 5.07. The van der Waals surface area contributed by atoms with Gasteiger partial charge in [-0.3, -0.25) is 4.79 Å². The van der Waals surface area contributed by atoms with Crippen molar-refractivity contribution in [3.8, 4) is 17.2 Å². The van der Waals surface area contributed by atoms with Crippen molar-refractivity contribution in [1.29, 1.82) is 0 Å². The molecule has 0 aliphatic heterocycles. The average Bonchev–Trinajstić information content (AvgIpc) is 2.46. The van der Waals surface area contributed by atoms with Gasteiger partial charge in [-0.1, -0.05) is 37.3 Å². The quantitative estimate of drug-likeness (QED) is 0.826. The summed E-state index contributed by atoms with van der Waals surface area (Å²) in [6, 6.07) is 12.2. The molecule has 2 rings (SSSR count). The first kappa shape index (κ1) is 14.9. The molecule has 0 amide bonds. The summed E-state index contributed by atoms with van der Waals surface area (Å²) >= 11 is 0. The van der Waals surface area contributed by atoms with E-state index in [1.54, 1.807) is 0 Å². The van der Waals surface area contributed by atoms with E-state index in [9.17, 15) is 15.0 Å². The normalized spacial score (nSPS) is 11.9. The molecule has 0 bridgehead atoms. The standard InChI is InChI=1S/C17H18O4/c1-11(12-6-4-3-5-7-12)8-14(19)17-15(20)9-13(18)10-16(17)21-2/h3-7,9-11,18,20H,8H2,1-2H3. The lowest BCUT2D eigenvalue weighted by atomic mass is 9.92. The Kier molecular flexibility index (Phi) is 4.48. The van der Waals surface area contributed by atoms with Gasteiger partial charge < -0.3 is 14.9 Å². The number of ketones is 1. The maximum Gasteiger partial charge on any atom is 0.170 e. The molecule has 110 valence electrons. The molecule has 0 saturated heterocycles. The number of aromatic hydroxyl groups is 2. The minimum absolute atomic E-state index is 0.0246. The number of hydrogen-bond donors (Lipinski definition) is 2. The van der Waals surface area contributed by atoms with Crippen molar-refractivity contribution >= 4 is 5.78 Å². The highest BCUT2D eigenvalue weighted by Gasteiger charge is 2.21. The van der Waals surface area contributed by atoms with E-state index in [0.717, 1.165) is 11.6 Å². The van der Waals surface area contributed by atoms with Gasteiger partial charge in [-0.25, -0.2) is 0 Å². The van der Waals surface area contributed by atoms with Gasteiger partial charge in [0.05, 0.1) is 7.11 Å². The Morgan fingerprint density at radius 1 is 1.19 bits per heavy atom. The van der Waals surface area contributed by atoms with Gasteiger partial charge in [0.25, 0.3) is 0 Å². The van der Waals surface area contributed by atoms with Gasteiger partial charge in [-0.2, -0.15) is 0 Å². The minimum atomic E-state index is -0.267. The van der Waals surface area contributed by atoms with E-state index < -0.39 is 0 Å². The summed E-state index contributed by atoms with van der Waals surface area (Å²) in [6.45, 7) is 1.96. The highest BCUT2D eigenvalue weighted by atomic mass is 16.5. The number of benzene rings is 2. The van der Waals surface area contributed by atoms with Crippen LogP contribution in [-0.2, 0) is 0 Å². The number of phenolic OH excluding ortho intramolecular Hbond substituents is 2. The SMILES string of the molecule is COc1cc(O)cc(O)c1C(=O)CC(C)c1ccccc1. The molecular formula is C17H18O4. The average molecular weight is 286 g/mol. The summed E-state index contributed by atoms with van der Waals surface area (Å²) in [5.41, 5.74) is 1.17. The summed E-state index contributed by atoms with van der Waals surface area (Å²) in [4.78, 5) is 12.4. The number of ether oxygens (including phenoxy) is 1. The first-order valence-electron chi connectivity index (χ1n) is 6.71. The topological polar surface area (TPSA) is 66.8 Å². The summed E-state index contributed by atoms with van der Waals surface area (Å²) in [7, 11) is 1.39. The fourth-order valence-electron chi connectivity index (χ4n) is 2.31. The van der Waals surface area contributed by atoms with E-state index in [2.05, 4.69) is 0 Å². The Balaban J connectivity index is 2.25. The van der Waals surface area contributed by atoms with E-state index in [1.165, 1.54) is 13.2 Å². The predicted octanol–water partition coefficient (Wildman–Crippen LogP) is 3.48. The predicted molar refractivity (Wildman–Crippen MR) is 80.1 cm³/mol. The Morgan fingerprint density at radius 2 is 1.86 bits per heavy atom. The van der Waals surface area contributed by atoms with Crippen LogP contribution in [0.1, 0.15) is 35.2 Å². The highest BCUT2D eigenvalue weighted by Crippen LogP contribution is 2.35. The second-order valence-corrected chi connectivity index (χ2v) is 4.98. The summed E-state index contributed by atoms with van der Waals surface area (Å²) in [5, 5.41) is 19.3. The molecule has 0 fully saturated rings. The van der Waals surface area contributed by atoms with Crippen LogP contribution in [0.5, 0.6) is 17.2 Å². The Bertz CT molecular complexity index is 635. The molecule has 2 aromatic rings. The van der Waals surface area contributed by atoms with Crippen molar-refractivity contribution in [2.45, 2.75) is 19.3 Å². The first-order valence-corrected chi connectivity index (χ1v) is 6.71. The Labute approximate surface area is 123 Å². The number of carbonyl (C=O) groups excluding carboxylic acids is 1. The van der Waals surface area contributed by atoms with Crippen LogP contribution in [0.15, 0.2) is 42.5 Å². The second kappa shape index (κ2) is 6.31. The molecule has 4 nitrogen and oxygen atoms in total. The van der Waals surface area contributed by atoms with Crippen LogP contribution in [0.3, 0.4) is 0 Å². The summed E-state index contributed by atoms with van der Waals surface area (Å²) in [6.07, 6.45) is 0.249. The van der Waals surface area contributed by atoms with Gasteiger partial charge in [0.1, 0.15) is 22.8 Å². The molecule has 0 aromatic heterocycles. The number of methoxy groups -OCH3 is 1. The maximum atomic E-state index is 12.4. The van der Waals surface area contributed by atoms with E-state index in [4.69, 9.17) is 4.74 Å². The first-order chi connectivity index (χ1) is 10.0. The third kappa shape index (κ3) is 3.34. The molecule has 2 aromatic carbocycles. The molecule has 21 heavy (non-hydrogen) atoms. The minimum Gasteiger partial charge on any atom is -0.508 e. The molecule has 0 aliphatic rings. The molecule has 0 aliphatic carbocycles. The lowest BCUT2D eigenvalue weighted by molar-refractivity contribution is 0.0970. The van der Waals surface area contributed by atoms with Crippen LogP contribution in [0, 0.1) is 0 Å². The van der Waals surface area contributed by atoms with Crippen molar-refractivity contribution < 1.29 is 19.7 Å². The van der Waals surface area contributed by atoms with Crippen LogP contribution < -0.4 is 4.74 Å². The third-order valence-corrected chi connectivity index (χ3v) is 3.43. The molecule has 2 N–H and O–H groups in total. The van der Waals surface area contributed by atoms with Crippen molar-refractivity contribution in [3.63, 3.8) is 0 Å². The van der Waals surface area contributed by atoms with Crippen LogP contribution in [0.25, 0.3) is 0 Å². The molecule has 0 spiro atoms. The Hall–Kier alpha value is -2.49. The van der Waals surface area contributed by atoms with Crippen LogP contribution in [-0.4, -0.2) is 23.1 Å². The number of Topliss-reactive ketones (excluding diaryl/α,β-unsaturated/α-hetero) is 1. The fraction of sp³-hybridized carbons (Fsp3) is 0.235. The largest absolute Gasteiger partial charge is 0.508 e. The number of hydrogen-bond acceptors (Lipinski definition) is 4. The van der Waals surface area contributed by atoms with Crippen molar-refractivity contribution in [2.75, 3.05) is 7.11 Å². The monoisotopic (exact) mass is 286 g/mol. The van der Waals surface area contributed by atoms with E-state index >= 15 is 0 Å². The van der Waals surface area contributed by atoms with Gasteiger partial charge >= 0.3 is 0 Å². The van der Waals surface area contributed by atoms with Crippen LogP contribution >= 0.6 is 0 Å². The van der Waals surface area contributed by atoms with Crippen molar-refractivity contribution in [1.82, 2.24) is 0 Å². The van der Waals surface area contributed by atoms with Gasteiger partial charge in [-0.15, -0.1) is 0 Å². The number of rotatable bonds is 5. The highest BCUT2D eigenvalue weighted by molar-refractivity contribution is 6.01. The number of carbonyl (C=O) groups is 1. The lowest BCUT2D eigenvalue weighted by Gasteiger charge is -2.14. The molecule has 4 heteroatoms. The van der Waals surface area contributed by atoms with Crippen LogP contribution in [0.2, 0.25) is 0 Å². The maximum absolute atomic E-state index is 12.4. The smallest absolute Gasteiger partial charge is 0.170 e. The molecule has 1 atom stereocenters. The van der Waals surface area contributed by atoms with Gasteiger partial charge in [0.15, 0.2) is 5.78 Å². The number of phenols is 2. The zero-order valence-electron chi connectivity index (χ0n) is 12.0. The van der Waals surface area contributed by atoms with Gasteiger partial charge in [0.2, 0.25) is 0 Å². The summed E-state index contributed by atoms with van der Waals surface area (Å²) in [5.74, 6) is -0.427. The lowest BCUT2D eigenvalue weighted by Crippen LogP contribution is -2.07. The third-order valence-electron chi connectivity index (χ3n) is 3.43. The Morgan fingerprint density at radius 3 is 2.48 bits per heavy atom. The van der Waals surface area contributed by atoms with E-state index in [-0.39, 0.29) is 40.9 Å². The van der Waals surface area contributed by atoms with E-state index in [0.29, 0.717) is 0 Å². The molecule has 0 saturated carbocycles. The van der Waals surface area contributed by atoms with Gasteiger partial charge in [0, 0.05) is 18.6 Å². The molecule has 1 unspecified atom stereocenters. The van der Waals surface area contributed by atoms with Crippen molar-refractivity contribution in [2.24, 2.45) is 0 Å². The van der Waals surface area contributed by atoms with Crippen molar-refractivity contribution in [3.05, 3.63) is 53.6 Å². The zero-order valence-corrected chi connectivity index (χ0v) is 12.0. The van der Waals surface area contributed by atoms with E-state index in [1.807, 2.05) is 37.3 Å². The molecule has 0 radical (unpaired) electrons. The second-order valence-electron chi connectivity index (χ2n) is 4.98.